The molecule has 3 nitrogen and oxygen atoms in total. The number of ether oxygens (including phenoxy) is 1. The number of nitrogens with zero attached hydrogens (tertiary/aromatic N) is 1. The Hall–Kier alpha value is -1.29. The first-order chi connectivity index (χ1) is 8.19. The van der Waals surface area contributed by atoms with Crippen molar-refractivity contribution in [1.29, 1.82) is 0 Å². The second kappa shape index (κ2) is 5.36. The zero-order valence-electron chi connectivity index (χ0n) is 8.73. The second-order valence-electron chi connectivity index (χ2n) is 3.35. The van der Waals surface area contributed by atoms with E-state index in [1.165, 1.54) is 6.20 Å². The Labute approximate surface area is 109 Å². The third-order valence-corrected chi connectivity index (χ3v) is 2.67. The predicted octanol–water partition coefficient (Wildman–Crippen LogP) is 3.67. The fourth-order valence-corrected chi connectivity index (χ4v) is 1.70. The number of hydrogen-bond donors (Lipinski definition) is 1. The van der Waals surface area contributed by atoms with E-state index < -0.39 is 0 Å². The van der Waals surface area contributed by atoms with Crippen molar-refractivity contribution in [2.45, 2.75) is 6.61 Å². The van der Waals surface area contributed by atoms with Gasteiger partial charge in [-0.3, -0.25) is 4.98 Å². The van der Waals surface area contributed by atoms with Gasteiger partial charge in [0.2, 0.25) is 0 Å². The highest BCUT2D eigenvalue weighted by Crippen LogP contribution is 2.27. The lowest BCUT2D eigenvalue weighted by atomic mass is 10.2. The average molecular weight is 270 g/mol. The normalized spacial score (nSPS) is 10.3. The molecule has 0 amide bonds. The van der Waals surface area contributed by atoms with Crippen molar-refractivity contribution in [1.82, 2.24) is 4.98 Å². The van der Waals surface area contributed by atoms with Gasteiger partial charge in [0.05, 0.1) is 17.8 Å². The summed E-state index contributed by atoms with van der Waals surface area (Å²) < 4.78 is 5.53. The van der Waals surface area contributed by atoms with Crippen molar-refractivity contribution in [3.63, 3.8) is 0 Å². The minimum absolute atomic E-state index is 0.0994. The summed E-state index contributed by atoms with van der Waals surface area (Å²) in [5.74, 6) is 1.10. The van der Waals surface area contributed by atoms with Crippen LogP contribution in [0.15, 0.2) is 36.7 Å². The molecule has 0 radical (unpaired) electrons. The predicted molar refractivity (Wildman–Crippen MR) is 66.7 cm³/mol. The van der Waals surface area contributed by atoms with E-state index in [1.54, 1.807) is 30.5 Å². The molecule has 0 aliphatic heterocycles. The number of benzene rings is 1. The van der Waals surface area contributed by atoms with Gasteiger partial charge in [0.1, 0.15) is 11.5 Å². The zero-order chi connectivity index (χ0) is 12.3. The Kier molecular flexibility index (Phi) is 3.84. The summed E-state index contributed by atoms with van der Waals surface area (Å²) in [5, 5.41) is 9.94. The van der Waals surface area contributed by atoms with E-state index in [1.807, 2.05) is 0 Å². The van der Waals surface area contributed by atoms with E-state index in [-0.39, 0.29) is 6.61 Å². The van der Waals surface area contributed by atoms with Crippen LogP contribution in [0.3, 0.4) is 0 Å². The lowest BCUT2D eigenvalue weighted by Gasteiger charge is -2.07. The summed E-state index contributed by atoms with van der Waals surface area (Å²) in [4.78, 5) is 3.91. The van der Waals surface area contributed by atoms with Gasteiger partial charge in [-0.25, -0.2) is 0 Å². The number of aliphatic hydroxyl groups excluding tert-OH is 1. The van der Waals surface area contributed by atoms with Gasteiger partial charge in [0.25, 0.3) is 0 Å². The maximum Gasteiger partial charge on any atom is 0.147 e. The maximum atomic E-state index is 8.98. The lowest BCUT2D eigenvalue weighted by molar-refractivity contribution is 0.282. The van der Waals surface area contributed by atoms with Crippen LogP contribution in [0, 0.1) is 0 Å². The molecule has 5 heteroatoms. The lowest BCUT2D eigenvalue weighted by Crippen LogP contribution is -1.88. The van der Waals surface area contributed by atoms with Gasteiger partial charge in [-0.2, -0.15) is 0 Å². The molecular weight excluding hydrogens is 261 g/mol. The van der Waals surface area contributed by atoms with E-state index in [0.717, 1.165) is 0 Å². The molecule has 0 atom stereocenters. The first kappa shape index (κ1) is 12.2. The molecule has 2 aromatic rings. The number of aliphatic hydroxyl groups is 1. The van der Waals surface area contributed by atoms with Crippen LogP contribution < -0.4 is 4.74 Å². The fraction of sp³-hybridized carbons (Fsp3) is 0.0833. The summed E-state index contributed by atoms with van der Waals surface area (Å²) in [6.07, 6.45) is 3.08. The summed E-state index contributed by atoms with van der Waals surface area (Å²) in [6, 6.07) is 6.71. The Morgan fingerprint density at radius 1 is 1.12 bits per heavy atom. The summed E-state index contributed by atoms with van der Waals surface area (Å²) in [5.41, 5.74) is 0.656. The average Bonchev–Trinajstić information content (AvgIpc) is 2.29. The minimum atomic E-state index is -0.0994. The molecule has 88 valence electrons. The van der Waals surface area contributed by atoms with Crippen LogP contribution in [0.4, 0.5) is 0 Å². The molecule has 0 saturated heterocycles. The Morgan fingerprint density at radius 3 is 2.59 bits per heavy atom. The number of hydrogen-bond acceptors (Lipinski definition) is 3. The van der Waals surface area contributed by atoms with Crippen molar-refractivity contribution < 1.29 is 9.84 Å². The van der Waals surface area contributed by atoms with Gasteiger partial charge in [-0.1, -0.05) is 29.3 Å². The molecule has 0 bridgehead atoms. The Balaban J connectivity index is 2.22. The smallest absolute Gasteiger partial charge is 0.147 e. The third kappa shape index (κ3) is 3.09. The molecule has 1 aromatic heterocycles. The molecule has 2 rings (SSSR count). The second-order valence-corrected chi connectivity index (χ2v) is 4.20. The molecule has 0 fully saturated rings. The van der Waals surface area contributed by atoms with Crippen LogP contribution in [0.1, 0.15) is 5.56 Å². The quantitative estimate of drug-likeness (QED) is 0.925. The molecule has 0 unspecified atom stereocenters. The van der Waals surface area contributed by atoms with Crippen molar-refractivity contribution in [3.05, 3.63) is 52.3 Å². The van der Waals surface area contributed by atoms with Crippen molar-refractivity contribution in [2.24, 2.45) is 0 Å². The highest BCUT2D eigenvalue weighted by Gasteiger charge is 2.03. The van der Waals surface area contributed by atoms with Gasteiger partial charge in [0.15, 0.2) is 0 Å². The zero-order valence-corrected chi connectivity index (χ0v) is 10.2. The largest absolute Gasteiger partial charge is 0.456 e. The van der Waals surface area contributed by atoms with Crippen molar-refractivity contribution >= 4 is 23.2 Å². The number of aromatic nitrogens is 1. The van der Waals surface area contributed by atoms with Crippen LogP contribution in [-0.2, 0) is 6.61 Å². The molecule has 1 aromatic carbocycles. The molecule has 0 aliphatic carbocycles. The molecular formula is C12H9Cl2NO2. The van der Waals surface area contributed by atoms with E-state index in [2.05, 4.69) is 4.98 Å². The molecule has 0 saturated carbocycles. The topological polar surface area (TPSA) is 42.4 Å². The van der Waals surface area contributed by atoms with Gasteiger partial charge in [-0.05, 0) is 17.7 Å². The summed E-state index contributed by atoms with van der Waals surface area (Å²) in [7, 11) is 0. The summed E-state index contributed by atoms with van der Waals surface area (Å²) >= 11 is 11.7. The van der Waals surface area contributed by atoms with E-state index in [9.17, 15) is 0 Å². The fourth-order valence-electron chi connectivity index (χ4n) is 1.30. The van der Waals surface area contributed by atoms with Crippen LogP contribution >= 0.6 is 23.2 Å². The van der Waals surface area contributed by atoms with Crippen LogP contribution in [-0.4, -0.2) is 10.1 Å². The number of rotatable bonds is 3. The first-order valence-corrected chi connectivity index (χ1v) is 5.62. The molecule has 0 aliphatic rings. The number of halogens is 2. The Bertz CT molecular complexity index is 532. The standard InChI is InChI=1S/C12H9Cl2NO2/c13-9-3-11(6-15-5-9)17-10-2-1-8(7-16)12(14)4-10/h1-6,16H,7H2. The SMILES string of the molecule is OCc1ccc(Oc2cncc(Cl)c2)cc1Cl. The molecule has 0 spiro atoms. The minimum Gasteiger partial charge on any atom is -0.456 e. The summed E-state index contributed by atoms with van der Waals surface area (Å²) in [6.45, 7) is -0.0994. The molecule has 1 N–H and O–H groups in total. The van der Waals surface area contributed by atoms with Gasteiger partial charge in [-0.15, -0.1) is 0 Å². The van der Waals surface area contributed by atoms with Gasteiger partial charge < -0.3 is 9.84 Å². The van der Waals surface area contributed by atoms with Crippen LogP contribution in [0.5, 0.6) is 11.5 Å². The monoisotopic (exact) mass is 269 g/mol. The van der Waals surface area contributed by atoms with Gasteiger partial charge in [0, 0.05) is 17.3 Å². The Morgan fingerprint density at radius 2 is 1.94 bits per heavy atom. The number of pyridine rings is 1. The highest BCUT2D eigenvalue weighted by atomic mass is 35.5. The van der Waals surface area contributed by atoms with E-state index in [0.29, 0.717) is 27.1 Å². The maximum absolute atomic E-state index is 8.98. The third-order valence-electron chi connectivity index (χ3n) is 2.11. The van der Waals surface area contributed by atoms with Crippen molar-refractivity contribution in [2.75, 3.05) is 0 Å². The van der Waals surface area contributed by atoms with Crippen LogP contribution in [0.25, 0.3) is 0 Å². The highest BCUT2D eigenvalue weighted by molar-refractivity contribution is 6.31. The molecule has 17 heavy (non-hydrogen) atoms. The van der Waals surface area contributed by atoms with Gasteiger partial charge >= 0.3 is 0 Å². The van der Waals surface area contributed by atoms with Crippen LogP contribution in [0.2, 0.25) is 10.0 Å². The van der Waals surface area contributed by atoms with E-state index in [4.69, 9.17) is 33.0 Å². The first-order valence-electron chi connectivity index (χ1n) is 4.87. The van der Waals surface area contributed by atoms with E-state index >= 15 is 0 Å². The molecule has 1 heterocycles. The van der Waals surface area contributed by atoms with Crippen molar-refractivity contribution in [3.8, 4) is 11.5 Å².